The van der Waals surface area contributed by atoms with Gasteiger partial charge in [0.05, 0.1) is 23.5 Å². The first kappa shape index (κ1) is 19.4. The first-order valence-corrected chi connectivity index (χ1v) is 9.27. The summed E-state index contributed by atoms with van der Waals surface area (Å²) in [4.78, 5) is 44.2. The van der Waals surface area contributed by atoms with E-state index in [4.69, 9.17) is 0 Å². The number of imide groups is 1. The monoisotopic (exact) mass is 374 g/mol. The standard InChI is InChI=1S/C19H26N4O4/c1-4-19(27,9-10-22(2)3)15-7-5-12-13(20-15)11-23(18(12)26)14-6-8-16(24)21-17(14)25/h5,7,14,27H,4,6,8-11H2,1-3H3,(H,21,24,25). The Morgan fingerprint density at radius 3 is 2.70 bits per heavy atom. The minimum absolute atomic E-state index is 0.210. The lowest BCUT2D eigenvalue weighted by molar-refractivity contribution is -0.136. The molecule has 2 aliphatic rings. The molecule has 0 radical (unpaired) electrons. The van der Waals surface area contributed by atoms with E-state index >= 15 is 0 Å². The predicted molar refractivity (Wildman–Crippen MR) is 97.6 cm³/mol. The van der Waals surface area contributed by atoms with Crippen LogP contribution in [0, 0.1) is 0 Å². The molecule has 0 bridgehead atoms. The molecule has 1 aromatic heterocycles. The number of aromatic nitrogens is 1. The van der Waals surface area contributed by atoms with E-state index in [-0.39, 0.29) is 24.8 Å². The zero-order valence-electron chi connectivity index (χ0n) is 16.0. The molecule has 1 saturated heterocycles. The molecule has 1 aromatic rings. The summed E-state index contributed by atoms with van der Waals surface area (Å²) in [5.41, 5.74) is 0.502. The number of rotatable bonds is 6. The summed E-state index contributed by atoms with van der Waals surface area (Å²) in [6.45, 7) is 2.83. The Morgan fingerprint density at radius 1 is 1.33 bits per heavy atom. The Hall–Kier alpha value is -2.32. The Labute approximate surface area is 158 Å². The molecule has 27 heavy (non-hydrogen) atoms. The second kappa shape index (κ2) is 7.36. The molecule has 2 N–H and O–H groups in total. The van der Waals surface area contributed by atoms with Crippen LogP contribution in [0.5, 0.6) is 0 Å². The van der Waals surface area contributed by atoms with E-state index in [2.05, 4.69) is 10.3 Å². The van der Waals surface area contributed by atoms with Crippen molar-refractivity contribution in [1.29, 1.82) is 0 Å². The minimum atomic E-state index is -1.07. The molecule has 3 amide bonds. The molecule has 0 spiro atoms. The summed E-state index contributed by atoms with van der Waals surface area (Å²) >= 11 is 0. The zero-order chi connectivity index (χ0) is 19.8. The van der Waals surface area contributed by atoms with Crippen molar-refractivity contribution < 1.29 is 19.5 Å². The van der Waals surface area contributed by atoms with Gasteiger partial charge >= 0.3 is 0 Å². The maximum atomic E-state index is 12.7. The fourth-order valence-corrected chi connectivity index (χ4v) is 3.59. The van der Waals surface area contributed by atoms with Gasteiger partial charge in [-0.3, -0.25) is 24.7 Å². The molecule has 3 heterocycles. The molecular formula is C19H26N4O4. The highest BCUT2D eigenvalue weighted by atomic mass is 16.3. The highest BCUT2D eigenvalue weighted by molar-refractivity contribution is 6.05. The van der Waals surface area contributed by atoms with Crippen LogP contribution in [0.2, 0.25) is 0 Å². The van der Waals surface area contributed by atoms with E-state index in [1.54, 1.807) is 12.1 Å². The molecule has 3 rings (SSSR count). The summed E-state index contributed by atoms with van der Waals surface area (Å²) in [7, 11) is 3.89. The third-order valence-electron chi connectivity index (χ3n) is 5.41. The topological polar surface area (TPSA) is 103 Å². The van der Waals surface area contributed by atoms with Crippen molar-refractivity contribution in [3.8, 4) is 0 Å². The number of nitrogens with one attached hydrogen (secondary N) is 1. The maximum absolute atomic E-state index is 12.7. The molecule has 8 heteroatoms. The number of piperidine rings is 1. The highest BCUT2D eigenvalue weighted by Crippen LogP contribution is 2.32. The van der Waals surface area contributed by atoms with Crippen LogP contribution >= 0.6 is 0 Å². The molecule has 0 saturated carbocycles. The molecule has 1 fully saturated rings. The van der Waals surface area contributed by atoms with Gasteiger partial charge in [-0.2, -0.15) is 0 Å². The summed E-state index contributed by atoms with van der Waals surface area (Å²) in [5, 5.41) is 13.3. The van der Waals surface area contributed by atoms with E-state index in [9.17, 15) is 19.5 Å². The average molecular weight is 374 g/mol. The molecule has 2 atom stereocenters. The van der Waals surface area contributed by atoms with Crippen molar-refractivity contribution in [3.63, 3.8) is 0 Å². The number of amides is 3. The van der Waals surface area contributed by atoms with E-state index in [1.165, 1.54) is 4.90 Å². The Kier molecular flexibility index (Phi) is 5.30. The third-order valence-corrected chi connectivity index (χ3v) is 5.41. The normalized spacial score (nSPS) is 22.0. The molecular weight excluding hydrogens is 348 g/mol. The molecule has 2 aliphatic heterocycles. The van der Waals surface area contributed by atoms with Crippen molar-refractivity contribution in [3.05, 3.63) is 29.1 Å². The zero-order valence-corrected chi connectivity index (χ0v) is 16.0. The van der Waals surface area contributed by atoms with Crippen LogP contribution in [0.4, 0.5) is 0 Å². The Bertz CT molecular complexity index is 779. The van der Waals surface area contributed by atoms with Gasteiger partial charge in [0.1, 0.15) is 11.6 Å². The van der Waals surface area contributed by atoms with Crippen molar-refractivity contribution in [2.45, 2.75) is 50.8 Å². The van der Waals surface area contributed by atoms with Gasteiger partial charge in [-0.1, -0.05) is 6.92 Å². The number of hydrogen-bond donors (Lipinski definition) is 2. The number of aliphatic hydroxyl groups is 1. The Morgan fingerprint density at radius 2 is 2.07 bits per heavy atom. The van der Waals surface area contributed by atoms with Crippen molar-refractivity contribution >= 4 is 17.7 Å². The number of carbonyl (C=O) groups is 3. The van der Waals surface area contributed by atoms with Crippen LogP contribution in [0.25, 0.3) is 0 Å². The van der Waals surface area contributed by atoms with Crippen LogP contribution in [0.3, 0.4) is 0 Å². The van der Waals surface area contributed by atoms with Gasteiger partial charge in [0.15, 0.2) is 0 Å². The van der Waals surface area contributed by atoms with E-state index in [0.29, 0.717) is 42.8 Å². The van der Waals surface area contributed by atoms with Gasteiger partial charge < -0.3 is 14.9 Å². The summed E-state index contributed by atoms with van der Waals surface area (Å²) in [5.74, 6) is -1.01. The third kappa shape index (κ3) is 3.72. The first-order chi connectivity index (χ1) is 12.7. The lowest BCUT2D eigenvalue weighted by atomic mass is 9.91. The second-order valence-corrected chi connectivity index (χ2v) is 7.53. The summed E-state index contributed by atoms with van der Waals surface area (Å²) in [6, 6.07) is 2.72. The van der Waals surface area contributed by atoms with E-state index in [0.717, 1.165) is 0 Å². The molecule has 0 aliphatic carbocycles. The van der Waals surface area contributed by atoms with Gasteiger partial charge in [-0.25, -0.2) is 0 Å². The van der Waals surface area contributed by atoms with Crippen LogP contribution in [0.15, 0.2) is 12.1 Å². The van der Waals surface area contributed by atoms with Gasteiger partial charge in [-0.05, 0) is 45.5 Å². The molecule has 146 valence electrons. The summed E-state index contributed by atoms with van der Waals surface area (Å²) in [6.07, 6.45) is 1.58. The predicted octanol–water partition coefficient (Wildman–Crippen LogP) is 0.392. The van der Waals surface area contributed by atoms with Crippen molar-refractivity contribution in [2.75, 3.05) is 20.6 Å². The van der Waals surface area contributed by atoms with Crippen LogP contribution in [-0.4, -0.2) is 64.3 Å². The number of carbonyl (C=O) groups excluding carboxylic acids is 3. The SMILES string of the molecule is CCC(O)(CCN(C)C)c1ccc2c(n1)CN(C1CCC(=O)NC1=O)C2=O. The van der Waals surface area contributed by atoms with Gasteiger partial charge in [0.2, 0.25) is 11.8 Å². The van der Waals surface area contributed by atoms with Crippen LogP contribution in [0.1, 0.15) is 54.4 Å². The first-order valence-electron chi connectivity index (χ1n) is 9.27. The smallest absolute Gasteiger partial charge is 0.256 e. The highest BCUT2D eigenvalue weighted by Gasteiger charge is 2.40. The molecule has 0 aromatic carbocycles. The quantitative estimate of drug-likeness (QED) is 0.699. The average Bonchev–Trinajstić information content (AvgIpc) is 2.95. The minimum Gasteiger partial charge on any atom is -0.384 e. The lowest BCUT2D eigenvalue weighted by Gasteiger charge is -2.29. The van der Waals surface area contributed by atoms with Crippen LogP contribution < -0.4 is 5.32 Å². The van der Waals surface area contributed by atoms with Gasteiger partial charge in [0, 0.05) is 13.0 Å². The lowest BCUT2D eigenvalue weighted by Crippen LogP contribution is -2.52. The summed E-state index contributed by atoms with van der Waals surface area (Å²) < 4.78 is 0. The Balaban J connectivity index is 1.83. The number of pyridine rings is 1. The van der Waals surface area contributed by atoms with Crippen molar-refractivity contribution in [2.24, 2.45) is 0 Å². The fourth-order valence-electron chi connectivity index (χ4n) is 3.59. The largest absolute Gasteiger partial charge is 0.384 e. The van der Waals surface area contributed by atoms with Gasteiger partial charge in [0.25, 0.3) is 5.91 Å². The number of hydrogen-bond acceptors (Lipinski definition) is 6. The van der Waals surface area contributed by atoms with Crippen molar-refractivity contribution in [1.82, 2.24) is 20.1 Å². The van der Waals surface area contributed by atoms with Crippen LogP contribution in [-0.2, 0) is 21.7 Å². The fraction of sp³-hybridized carbons (Fsp3) is 0.579. The molecule has 8 nitrogen and oxygen atoms in total. The van der Waals surface area contributed by atoms with E-state index in [1.807, 2.05) is 25.9 Å². The maximum Gasteiger partial charge on any atom is 0.256 e. The van der Waals surface area contributed by atoms with E-state index < -0.39 is 17.6 Å². The van der Waals surface area contributed by atoms with Gasteiger partial charge in [-0.15, -0.1) is 0 Å². The number of fused-ring (bicyclic) bond motifs is 1. The molecule has 2 unspecified atom stereocenters. The second-order valence-electron chi connectivity index (χ2n) is 7.53. The number of nitrogens with zero attached hydrogens (tertiary/aromatic N) is 3.